The van der Waals surface area contributed by atoms with Gasteiger partial charge >= 0.3 is 12.2 Å². The molecule has 0 radical (unpaired) electrons. The fourth-order valence-electron chi connectivity index (χ4n) is 3.27. The third kappa shape index (κ3) is 4.44. The van der Waals surface area contributed by atoms with Crippen LogP contribution in [0, 0.1) is 0 Å². The number of amides is 2. The van der Waals surface area contributed by atoms with Gasteiger partial charge in [-0.1, -0.05) is 12.1 Å². The molecule has 0 fully saturated rings. The van der Waals surface area contributed by atoms with Gasteiger partial charge in [0, 0.05) is 29.2 Å². The van der Waals surface area contributed by atoms with Gasteiger partial charge in [-0.2, -0.15) is 18.3 Å². The highest BCUT2D eigenvalue weighted by Crippen LogP contribution is 2.33. The number of hydrogen-bond acceptors (Lipinski definition) is 6. The Morgan fingerprint density at radius 1 is 1.06 bits per heavy atom. The minimum Gasteiger partial charge on any atom is -0.382 e. The van der Waals surface area contributed by atoms with Crippen molar-refractivity contribution in [3.8, 4) is 11.1 Å². The van der Waals surface area contributed by atoms with Crippen molar-refractivity contribution < 1.29 is 22.8 Å². The summed E-state index contributed by atoms with van der Waals surface area (Å²) in [7, 11) is 0. The number of aromatic nitrogens is 4. The summed E-state index contributed by atoms with van der Waals surface area (Å²) in [5.74, 6) is -0.242. The van der Waals surface area contributed by atoms with Crippen molar-refractivity contribution in [2.75, 3.05) is 16.4 Å². The molecular formula is C21H16F3N7O2. The molecule has 0 bridgehead atoms. The number of carbonyl (C=O) groups excluding carboxylic acids is 2. The van der Waals surface area contributed by atoms with Gasteiger partial charge in [0.15, 0.2) is 11.6 Å². The Hall–Kier alpha value is -4.48. The van der Waals surface area contributed by atoms with Gasteiger partial charge in [-0.05, 0) is 36.8 Å². The lowest BCUT2D eigenvalue weighted by atomic mass is 10.0. The van der Waals surface area contributed by atoms with E-state index in [4.69, 9.17) is 5.73 Å². The van der Waals surface area contributed by atoms with Crippen LogP contribution in [0.25, 0.3) is 16.6 Å². The van der Waals surface area contributed by atoms with Crippen molar-refractivity contribution >= 4 is 34.7 Å². The predicted octanol–water partition coefficient (Wildman–Crippen LogP) is 4.24. The molecule has 0 aliphatic rings. The van der Waals surface area contributed by atoms with Crippen LogP contribution < -0.4 is 16.4 Å². The zero-order valence-electron chi connectivity index (χ0n) is 17.0. The van der Waals surface area contributed by atoms with Crippen LogP contribution in [0.5, 0.6) is 0 Å². The van der Waals surface area contributed by atoms with E-state index in [1.165, 1.54) is 17.8 Å². The molecule has 0 unspecified atom stereocenters. The van der Waals surface area contributed by atoms with Gasteiger partial charge in [-0.25, -0.2) is 19.3 Å². The number of anilines is 3. The Kier molecular flexibility index (Phi) is 5.42. The van der Waals surface area contributed by atoms with Crippen LogP contribution in [0.3, 0.4) is 0 Å². The summed E-state index contributed by atoms with van der Waals surface area (Å²) in [6, 6.07) is 7.23. The Bertz CT molecular complexity index is 1360. The molecule has 2 amide bonds. The van der Waals surface area contributed by atoms with Crippen LogP contribution in [-0.2, 0) is 6.18 Å². The minimum absolute atomic E-state index is 0.190. The summed E-state index contributed by atoms with van der Waals surface area (Å²) in [5.41, 5.74) is 7.47. The molecule has 3 aromatic heterocycles. The molecule has 12 heteroatoms. The van der Waals surface area contributed by atoms with Gasteiger partial charge < -0.3 is 11.1 Å². The lowest BCUT2D eigenvalue weighted by Gasteiger charge is -2.10. The van der Waals surface area contributed by atoms with Crippen LogP contribution in [0.1, 0.15) is 22.8 Å². The molecule has 9 nitrogen and oxygen atoms in total. The molecular weight excluding hydrogens is 439 g/mol. The van der Waals surface area contributed by atoms with Crippen molar-refractivity contribution in [1.82, 2.24) is 19.6 Å². The Labute approximate surface area is 184 Å². The van der Waals surface area contributed by atoms with Gasteiger partial charge in [0.05, 0.1) is 5.56 Å². The summed E-state index contributed by atoms with van der Waals surface area (Å²) >= 11 is 0. The molecule has 4 rings (SSSR count). The number of alkyl halides is 3. The first kappa shape index (κ1) is 21.7. The number of urea groups is 1. The first-order chi connectivity index (χ1) is 15.6. The number of halogens is 3. The molecule has 4 aromatic rings. The molecule has 0 saturated heterocycles. The van der Waals surface area contributed by atoms with Crippen LogP contribution >= 0.6 is 0 Å². The number of nitrogens with two attached hydrogens (primary N) is 1. The minimum atomic E-state index is -4.55. The quantitative estimate of drug-likeness (QED) is 0.395. The Morgan fingerprint density at radius 2 is 1.79 bits per heavy atom. The number of benzene rings is 1. The monoisotopic (exact) mass is 455 g/mol. The van der Waals surface area contributed by atoms with Gasteiger partial charge in [0.2, 0.25) is 0 Å². The number of ketones is 1. The van der Waals surface area contributed by atoms with Crippen molar-refractivity contribution in [3.05, 3.63) is 66.2 Å². The Balaban J connectivity index is 1.56. The largest absolute Gasteiger partial charge is 0.416 e. The second-order valence-corrected chi connectivity index (χ2v) is 7.00. The van der Waals surface area contributed by atoms with E-state index < -0.39 is 17.8 Å². The highest BCUT2D eigenvalue weighted by molar-refractivity contribution is 6.07. The van der Waals surface area contributed by atoms with E-state index in [1.54, 1.807) is 30.5 Å². The van der Waals surface area contributed by atoms with Crippen LogP contribution in [0.2, 0.25) is 0 Å². The summed E-state index contributed by atoms with van der Waals surface area (Å²) < 4.78 is 39.9. The lowest BCUT2D eigenvalue weighted by Crippen LogP contribution is -2.20. The van der Waals surface area contributed by atoms with E-state index >= 15 is 0 Å². The number of Topliss-reactive ketones (excluding diaryl/α,β-unsaturated/α-hetero) is 1. The number of nitrogens with zero attached hydrogens (tertiary/aromatic N) is 4. The maximum atomic E-state index is 12.8. The number of nitrogens with one attached hydrogen (secondary N) is 2. The zero-order valence-corrected chi connectivity index (χ0v) is 17.0. The summed E-state index contributed by atoms with van der Waals surface area (Å²) in [6.07, 6.45) is -0.757. The average molecular weight is 455 g/mol. The molecule has 0 spiro atoms. The number of hydrogen-bond donors (Lipinski definition) is 3. The number of carbonyl (C=O) groups is 2. The van der Waals surface area contributed by atoms with Crippen LogP contribution in [0.15, 0.2) is 55.1 Å². The van der Waals surface area contributed by atoms with Gasteiger partial charge in [0.1, 0.15) is 17.7 Å². The van der Waals surface area contributed by atoms with E-state index in [9.17, 15) is 22.8 Å². The molecule has 3 heterocycles. The van der Waals surface area contributed by atoms with Gasteiger partial charge in [-0.15, -0.1) is 0 Å². The van der Waals surface area contributed by atoms with E-state index in [0.717, 1.165) is 18.3 Å². The smallest absolute Gasteiger partial charge is 0.382 e. The molecule has 4 N–H and O–H groups in total. The van der Waals surface area contributed by atoms with Crippen LogP contribution in [0.4, 0.5) is 35.3 Å². The third-order valence-electron chi connectivity index (χ3n) is 4.74. The number of rotatable bonds is 4. The maximum absolute atomic E-state index is 12.8. The predicted molar refractivity (Wildman–Crippen MR) is 115 cm³/mol. The fraction of sp³-hybridized carbons (Fsp3) is 0.0952. The van der Waals surface area contributed by atoms with Crippen molar-refractivity contribution in [2.45, 2.75) is 13.1 Å². The molecule has 168 valence electrons. The van der Waals surface area contributed by atoms with Gasteiger partial charge in [0.25, 0.3) is 0 Å². The molecule has 0 aliphatic heterocycles. The second kappa shape index (κ2) is 8.22. The van der Waals surface area contributed by atoms with E-state index in [2.05, 4.69) is 25.7 Å². The topological polar surface area (TPSA) is 127 Å². The SMILES string of the molecule is CC(=O)c1cn2ncnc(N)c2c1-c1ccc(NC(=O)Nc2cc(C(F)(F)F)ccn2)cc1. The third-order valence-corrected chi connectivity index (χ3v) is 4.74. The summed E-state index contributed by atoms with van der Waals surface area (Å²) in [5, 5.41) is 8.85. The van der Waals surface area contributed by atoms with E-state index in [0.29, 0.717) is 27.9 Å². The standard InChI is InChI=1S/C21H16F3N7O2/c1-11(32)15-9-31-18(19(25)27-10-28-31)17(15)12-2-4-14(5-3-12)29-20(33)30-16-8-13(6-7-26-16)21(22,23)24/h2-10H,1H3,(H2,25,27,28)(H2,26,29,30,33). The second-order valence-electron chi connectivity index (χ2n) is 7.00. The lowest BCUT2D eigenvalue weighted by molar-refractivity contribution is -0.137. The molecule has 0 aliphatic carbocycles. The van der Waals surface area contributed by atoms with E-state index in [1.807, 2.05) is 0 Å². The maximum Gasteiger partial charge on any atom is 0.416 e. The molecule has 0 atom stereocenters. The van der Waals surface area contributed by atoms with Crippen molar-refractivity contribution in [2.24, 2.45) is 0 Å². The highest BCUT2D eigenvalue weighted by Gasteiger charge is 2.30. The Morgan fingerprint density at radius 3 is 2.45 bits per heavy atom. The molecule has 0 saturated carbocycles. The van der Waals surface area contributed by atoms with Crippen LogP contribution in [-0.4, -0.2) is 31.4 Å². The number of pyridine rings is 1. The van der Waals surface area contributed by atoms with E-state index in [-0.39, 0.29) is 17.4 Å². The normalized spacial score (nSPS) is 11.4. The average Bonchev–Trinajstić information content (AvgIpc) is 3.15. The number of nitrogen functional groups attached to an aromatic ring is 1. The van der Waals surface area contributed by atoms with Crippen molar-refractivity contribution in [3.63, 3.8) is 0 Å². The molecule has 1 aromatic carbocycles. The summed E-state index contributed by atoms with van der Waals surface area (Å²) in [4.78, 5) is 32.0. The first-order valence-corrected chi connectivity index (χ1v) is 9.48. The first-order valence-electron chi connectivity index (χ1n) is 9.48. The number of fused-ring (bicyclic) bond motifs is 1. The van der Waals surface area contributed by atoms with Crippen molar-refractivity contribution in [1.29, 1.82) is 0 Å². The molecule has 33 heavy (non-hydrogen) atoms. The fourth-order valence-corrected chi connectivity index (χ4v) is 3.27. The summed E-state index contributed by atoms with van der Waals surface area (Å²) in [6.45, 7) is 1.42. The zero-order chi connectivity index (χ0) is 23.8. The highest BCUT2D eigenvalue weighted by atomic mass is 19.4. The van der Waals surface area contributed by atoms with Gasteiger partial charge in [-0.3, -0.25) is 10.1 Å².